The van der Waals surface area contributed by atoms with Crippen molar-refractivity contribution in [3.05, 3.63) is 65.0 Å². The maximum Gasteiger partial charge on any atom is 0.123 e. The molecule has 0 unspecified atom stereocenters. The van der Waals surface area contributed by atoms with Gasteiger partial charge < -0.3 is 10.4 Å². The largest absolute Gasteiger partial charge is 0.508 e. The van der Waals surface area contributed by atoms with Gasteiger partial charge in [0.05, 0.1) is 0 Å². The summed E-state index contributed by atoms with van der Waals surface area (Å²) >= 11 is 0. The molecule has 0 heterocycles. The maximum atomic E-state index is 13.0. The fraction of sp³-hybridized carbons (Fsp3) is 0.250. The molecule has 100 valence electrons. The number of rotatable bonds is 5. The van der Waals surface area contributed by atoms with E-state index in [1.807, 2.05) is 25.1 Å². The molecule has 0 aliphatic carbocycles. The number of hydrogen-bond donors (Lipinski definition) is 2. The summed E-state index contributed by atoms with van der Waals surface area (Å²) in [4.78, 5) is 0. The number of phenolic OH excluding ortho intramolecular Hbond substituents is 1. The molecular formula is C16H18FNO. The van der Waals surface area contributed by atoms with Crippen molar-refractivity contribution in [2.75, 3.05) is 6.54 Å². The van der Waals surface area contributed by atoms with E-state index in [1.54, 1.807) is 18.2 Å². The van der Waals surface area contributed by atoms with Crippen LogP contribution in [0.2, 0.25) is 0 Å². The smallest absolute Gasteiger partial charge is 0.123 e. The SMILES string of the molecule is Cc1cc(F)ccc1CCNCc1ccccc1O. The zero-order chi connectivity index (χ0) is 13.7. The minimum Gasteiger partial charge on any atom is -0.508 e. The lowest BCUT2D eigenvalue weighted by Gasteiger charge is -2.08. The molecule has 0 aliphatic rings. The summed E-state index contributed by atoms with van der Waals surface area (Å²) in [6.45, 7) is 3.34. The minimum absolute atomic E-state index is 0.191. The summed E-state index contributed by atoms with van der Waals surface area (Å²) in [5, 5.41) is 12.9. The molecular weight excluding hydrogens is 241 g/mol. The first-order chi connectivity index (χ1) is 9.16. The maximum absolute atomic E-state index is 13.0. The molecule has 3 heteroatoms. The Morgan fingerprint density at radius 1 is 1.11 bits per heavy atom. The Balaban J connectivity index is 1.83. The molecule has 2 rings (SSSR count). The average molecular weight is 259 g/mol. The van der Waals surface area contributed by atoms with Gasteiger partial charge in [-0.05, 0) is 49.2 Å². The standard InChI is InChI=1S/C16H18FNO/c1-12-10-15(17)7-6-13(12)8-9-18-11-14-4-2-3-5-16(14)19/h2-7,10,18-19H,8-9,11H2,1H3. The van der Waals surface area contributed by atoms with Crippen molar-refractivity contribution in [2.45, 2.75) is 19.9 Å². The lowest BCUT2D eigenvalue weighted by Crippen LogP contribution is -2.17. The second-order valence-corrected chi connectivity index (χ2v) is 4.63. The van der Waals surface area contributed by atoms with E-state index >= 15 is 0 Å². The topological polar surface area (TPSA) is 32.3 Å². The summed E-state index contributed by atoms with van der Waals surface area (Å²) in [6, 6.07) is 12.2. The highest BCUT2D eigenvalue weighted by Gasteiger charge is 2.01. The molecule has 0 radical (unpaired) electrons. The van der Waals surface area contributed by atoms with Gasteiger partial charge in [-0.2, -0.15) is 0 Å². The molecule has 2 aromatic carbocycles. The lowest BCUT2D eigenvalue weighted by atomic mass is 10.1. The van der Waals surface area contributed by atoms with Gasteiger partial charge in [-0.1, -0.05) is 24.3 Å². The van der Waals surface area contributed by atoms with E-state index in [0.717, 1.165) is 29.7 Å². The van der Waals surface area contributed by atoms with E-state index < -0.39 is 0 Å². The number of phenols is 1. The van der Waals surface area contributed by atoms with Crippen LogP contribution in [0.15, 0.2) is 42.5 Å². The van der Waals surface area contributed by atoms with Crippen LogP contribution in [0, 0.1) is 12.7 Å². The normalized spacial score (nSPS) is 10.6. The molecule has 0 aromatic heterocycles. The van der Waals surface area contributed by atoms with E-state index in [-0.39, 0.29) is 5.82 Å². The van der Waals surface area contributed by atoms with Crippen molar-refractivity contribution in [1.29, 1.82) is 0 Å². The molecule has 0 amide bonds. The molecule has 2 N–H and O–H groups in total. The number of nitrogens with one attached hydrogen (secondary N) is 1. The van der Waals surface area contributed by atoms with Crippen LogP contribution in [0.5, 0.6) is 5.75 Å². The van der Waals surface area contributed by atoms with Crippen LogP contribution in [0.25, 0.3) is 0 Å². The zero-order valence-corrected chi connectivity index (χ0v) is 11.0. The van der Waals surface area contributed by atoms with E-state index in [2.05, 4.69) is 5.32 Å². The van der Waals surface area contributed by atoms with Gasteiger partial charge in [-0.25, -0.2) is 4.39 Å². The van der Waals surface area contributed by atoms with Crippen molar-refractivity contribution in [3.63, 3.8) is 0 Å². The van der Waals surface area contributed by atoms with Gasteiger partial charge in [0.25, 0.3) is 0 Å². The monoisotopic (exact) mass is 259 g/mol. The molecule has 19 heavy (non-hydrogen) atoms. The highest BCUT2D eigenvalue weighted by atomic mass is 19.1. The Morgan fingerprint density at radius 3 is 2.63 bits per heavy atom. The van der Waals surface area contributed by atoms with Gasteiger partial charge in [0, 0.05) is 12.1 Å². The minimum atomic E-state index is -0.191. The molecule has 0 atom stereocenters. The second kappa shape index (κ2) is 6.34. The summed E-state index contributed by atoms with van der Waals surface area (Å²) in [7, 11) is 0. The predicted molar refractivity (Wildman–Crippen MR) is 74.7 cm³/mol. The number of benzene rings is 2. The zero-order valence-electron chi connectivity index (χ0n) is 11.0. The molecule has 0 saturated carbocycles. The molecule has 0 saturated heterocycles. The Morgan fingerprint density at radius 2 is 1.89 bits per heavy atom. The Hall–Kier alpha value is -1.87. The number of hydrogen-bond acceptors (Lipinski definition) is 2. The van der Waals surface area contributed by atoms with Gasteiger partial charge in [-0.15, -0.1) is 0 Å². The van der Waals surface area contributed by atoms with Crippen LogP contribution in [-0.2, 0) is 13.0 Å². The number of para-hydroxylation sites is 1. The van der Waals surface area contributed by atoms with Crippen molar-refractivity contribution in [2.24, 2.45) is 0 Å². The Bertz CT molecular complexity index is 554. The van der Waals surface area contributed by atoms with Crippen molar-refractivity contribution in [1.82, 2.24) is 5.32 Å². The van der Waals surface area contributed by atoms with Crippen molar-refractivity contribution in [3.8, 4) is 5.75 Å². The summed E-state index contributed by atoms with van der Waals surface area (Å²) < 4.78 is 13.0. The quantitative estimate of drug-likeness (QED) is 0.808. The van der Waals surface area contributed by atoms with E-state index in [1.165, 1.54) is 6.07 Å². The van der Waals surface area contributed by atoms with Crippen LogP contribution in [0.4, 0.5) is 4.39 Å². The van der Waals surface area contributed by atoms with E-state index in [4.69, 9.17) is 0 Å². The fourth-order valence-electron chi connectivity index (χ4n) is 2.05. The summed E-state index contributed by atoms with van der Waals surface area (Å²) in [5.74, 6) is 0.122. The third-order valence-electron chi connectivity index (χ3n) is 3.18. The van der Waals surface area contributed by atoms with Gasteiger partial charge >= 0.3 is 0 Å². The highest BCUT2D eigenvalue weighted by Crippen LogP contribution is 2.15. The van der Waals surface area contributed by atoms with Gasteiger partial charge in [0.15, 0.2) is 0 Å². The number of aromatic hydroxyl groups is 1. The third-order valence-corrected chi connectivity index (χ3v) is 3.18. The fourth-order valence-corrected chi connectivity index (χ4v) is 2.05. The van der Waals surface area contributed by atoms with Crippen LogP contribution in [0.3, 0.4) is 0 Å². The van der Waals surface area contributed by atoms with E-state index in [9.17, 15) is 9.50 Å². The number of aryl methyl sites for hydroxylation is 1. The first-order valence-corrected chi connectivity index (χ1v) is 6.39. The number of halogens is 1. The highest BCUT2D eigenvalue weighted by molar-refractivity contribution is 5.31. The second-order valence-electron chi connectivity index (χ2n) is 4.63. The molecule has 0 aliphatic heterocycles. The van der Waals surface area contributed by atoms with Crippen LogP contribution >= 0.6 is 0 Å². The van der Waals surface area contributed by atoms with Crippen LogP contribution < -0.4 is 5.32 Å². The molecule has 0 fully saturated rings. The summed E-state index contributed by atoms with van der Waals surface area (Å²) in [6.07, 6.45) is 0.847. The first kappa shape index (κ1) is 13.6. The summed E-state index contributed by atoms with van der Waals surface area (Å²) in [5.41, 5.74) is 3.01. The van der Waals surface area contributed by atoms with Crippen LogP contribution in [0.1, 0.15) is 16.7 Å². The molecule has 2 aromatic rings. The first-order valence-electron chi connectivity index (χ1n) is 6.39. The molecule has 2 nitrogen and oxygen atoms in total. The Labute approximate surface area is 112 Å². The van der Waals surface area contributed by atoms with Gasteiger partial charge in [0.1, 0.15) is 11.6 Å². The van der Waals surface area contributed by atoms with Crippen molar-refractivity contribution >= 4 is 0 Å². The van der Waals surface area contributed by atoms with Gasteiger partial charge in [0.2, 0.25) is 0 Å². The predicted octanol–water partition coefficient (Wildman–Crippen LogP) is 3.17. The van der Waals surface area contributed by atoms with Crippen LogP contribution in [-0.4, -0.2) is 11.7 Å². The van der Waals surface area contributed by atoms with E-state index in [0.29, 0.717) is 12.3 Å². The lowest BCUT2D eigenvalue weighted by molar-refractivity contribution is 0.464. The van der Waals surface area contributed by atoms with Crippen molar-refractivity contribution < 1.29 is 9.50 Å². The molecule has 0 bridgehead atoms. The average Bonchev–Trinajstić information content (AvgIpc) is 2.38. The molecule has 0 spiro atoms. The Kier molecular flexibility index (Phi) is 4.53. The third kappa shape index (κ3) is 3.80. The van der Waals surface area contributed by atoms with Gasteiger partial charge in [-0.3, -0.25) is 0 Å².